The zero-order valence-corrected chi connectivity index (χ0v) is 16.7. The summed E-state index contributed by atoms with van der Waals surface area (Å²) < 4.78 is 0.293. The number of benzene rings is 2. The zero-order valence-electron chi connectivity index (χ0n) is 15.1. The molecule has 2 aliphatic rings. The molecule has 0 fully saturated rings. The average Bonchev–Trinajstić information content (AvgIpc) is 2.64. The normalized spacial score (nSPS) is 23.9. The van der Waals surface area contributed by atoms with Crippen LogP contribution in [0.5, 0.6) is 11.5 Å². The Bertz CT molecular complexity index is 1200. The van der Waals surface area contributed by atoms with E-state index in [0.29, 0.717) is 21.0 Å². The van der Waals surface area contributed by atoms with E-state index >= 15 is 0 Å². The summed E-state index contributed by atoms with van der Waals surface area (Å²) in [5.41, 5.74) is 2.47. The first kappa shape index (κ1) is 19.4. The molecule has 0 bridgehead atoms. The number of aliphatic hydroxyl groups excluding tert-OH is 1. The van der Waals surface area contributed by atoms with Crippen LogP contribution in [-0.4, -0.2) is 43.5 Å². The topological polar surface area (TPSA) is 158 Å². The number of ketones is 2. The number of amides is 1. The summed E-state index contributed by atoms with van der Waals surface area (Å²) in [4.78, 5) is 37.2. The van der Waals surface area contributed by atoms with Crippen LogP contribution in [0.3, 0.4) is 0 Å². The van der Waals surface area contributed by atoms with Gasteiger partial charge in [0.05, 0.1) is 15.4 Å². The van der Waals surface area contributed by atoms with Crippen LogP contribution in [0.15, 0.2) is 27.9 Å². The predicted octanol–water partition coefficient (Wildman–Crippen LogP) is 1.68. The van der Waals surface area contributed by atoms with E-state index in [9.17, 15) is 34.8 Å². The van der Waals surface area contributed by atoms with Crippen LogP contribution in [0.1, 0.15) is 27.9 Å². The van der Waals surface area contributed by atoms with Crippen LogP contribution >= 0.6 is 15.9 Å². The smallest absolute Gasteiger partial charge is 0.255 e. The molecule has 0 heterocycles. The standard InChI is InChI=1S/C20H16BrNO7/c1-6-8-2-3-10(21)15(24)12(8)16(25)13-9(6)4-7-5-11(23)14(19(22)28)18(27)20(7,29)17(13)26/h2-3,7,24-25,27,29H,4-5H2,1H3,(H2,22,28). The SMILES string of the molecule is Cc1c2c(c(O)c3c(O)c(Br)ccc13)C(=O)C1(O)C(O)=C(C(N)=O)C(=O)CC1C2. The molecule has 1 amide bonds. The molecular formula is C20H16BrNO7. The highest BCUT2D eigenvalue weighted by molar-refractivity contribution is 9.10. The molecule has 29 heavy (non-hydrogen) atoms. The number of aromatic hydroxyl groups is 2. The van der Waals surface area contributed by atoms with Crippen molar-refractivity contribution >= 4 is 44.2 Å². The Hall–Kier alpha value is -2.91. The average molecular weight is 462 g/mol. The van der Waals surface area contributed by atoms with Gasteiger partial charge in [-0.25, -0.2) is 0 Å². The van der Waals surface area contributed by atoms with Crippen LogP contribution < -0.4 is 5.73 Å². The van der Waals surface area contributed by atoms with Crippen molar-refractivity contribution in [3.05, 3.63) is 44.6 Å². The lowest BCUT2D eigenvalue weighted by Crippen LogP contribution is -2.56. The van der Waals surface area contributed by atoms with Crippen LogP contribution in [-0.2, 0) is 16.0 Å². The number of phenolic OH excluding ortho intramolecular Hbond substituents is 2. The summed E-state index contributed by atoms with van der Waals surface area (Å²) in [6.07, 6.45) is -0.376. The molecule has 2 unspecified atom stereocenters. The van der Waals surface area contributed by atoms with E-state index < -0.39 is 46.1 Å². The van der Waals surface area contributed by atoms with Crippen molar-refractivity contribution in [1.29, 1.82) is 0 Å². The number of halogens is 1. The molecule has 4 rings (SSSR count). The summed E-state index contributed by atoms with van der Waals surface area (Å²) in [5, 5.41) is 43.4. The Balaban J connectivity index is 2.08. The molecule has 2 atom stereocenters. The van der Waals surface area contributed by atoms with Gasteiger partial charge in [-0.2, -0.15) is 0 Å². The second-order valence-electron chi connectivity index (χ2n) is 7.36. The molecule has 2 aromatic carbocycles. The third-order valence-corrected chi connectivity index (χ3v) is 6.57. The number of hydrogen-bond donors (Lipinski definition) is 5. The lowest BCUT2D eigenvalue weighted by molar-refractivity contribution is -0.125. The minimum atomic E-state index is -2.58. The number of phenols is 2. The number of carbonyl (C=O) groups excluding carboxylic acids is 3. The van der Waals surface area contributed by atoms with Gasteiger partial charge in [-0.15, -0.1) is 0 Å². The van der Waals surface area contributed by atoms with Crippen LogP contribution in [0, 0.1) is 12.8 Å². The molecule has 9 heteroatoms. The highest BCUT2D eigenvalue weighted by atomic mass is 79.9. The first-order chi connectivity index (χ1) is 13.5. The van der Waals surface area contributed by atoms with Gasteiger partial charge >= 0.3 is 0 Å². The fourth-order valence-corrected chi connectivity index (χ4v) is 4.76. The van der Waals surface area contributed by atoms with E-state index in [0.717, 1.165) is 0 Å². The second kappa shape index (κ2) is 6.04. The Kier molecular flexibility index (Phi) is 4.04. The fourth-order valence-electron chi connectivity index (χ4n) is 4.43. The first-order valence-corrected chi connectivity index (χ1v) is 9.50. The molecule has 6 N–H and O–H groups in total. The minimum Gasteiger partial charge on any atom is -0.508 e. The van der Waals surface area contributed by atoms with E-state index in [1.807, 2.05) is 0 Å². The van der Waals surface area contributed by atoms with Gasteiger partial charge in [0, 0.05) is 12.3 Å². The summed E-state index contributed by atoms with van der Waals surface area (Å²) in [5.74, 6) is -6.04. The van der Waals surface area contributed by atoms with Gasteiger partial charge in [0.1, 0.15) is 22.8 Å². The summed E-state index contributed by atoms with van der Waals surface area (Å²) >= 11 is 3.16. The number of Topliss-reactive ketones (excluding diaryl/α,β-unsaturated/α-hetero) is 2. The summed E-state index contributed by atoms with van der Waals surface area (Å²) in [6, 6.07) is 3.25. The van der Waals surface area contributed by atoms with E-state index in [4.69, 9.17) is 5.73 Å². The third kappa shape index (κ3) is 2.31. The highest BCUT2D eigenvalue weighted by Gasteiger charge is 2.58. The molecule has 0 aromatic heterocycles. The van der Waals surface area contributed by atoms with Gasteiger partial charge in [0.25, 0.3) is 5.91 Å². The molecule has 0 radical (unpaired) electrons. The number of aryl methyl sites for hydroxylation is 1. The number of hydrogen-bond acceptors (Lipinski definition) is 7. The van der Waals surface area contributed by atoms with Gasteiger partial charge in [-0.3, -0.25) is 14.4 Å². The number of carbonyl (C=O) groups is 3. The molecule has 2 aromatic rings. The van der Waals surface area contributed by atoms with E-state index in [-0.39, 0.29) is 29.5 Å². The molecule has 150 valence electrons. The fraction of sp³-hybridized carbons (Fsp3) is 0.250. The number of fused-ring (bicyclic) bond motifs is 3. The van der Waals surface area contributed by atoms with Crippen molar-refractivity contribution in [3.8, 4) is 11.5 Å². The summed E-state index contributed by atoms with van der Waals surface area (Å²) in [6.45, 7) is 1.70. The number of primary amides is 1. The van der Waals surface area contributed by atoms with Gasteiger partial charge < -0.3 is 26.2 Å². The Morgan fingerprint density at radius 1 is 1.17 bits per heavy atom. The number of aliphatic hydroxyl groups is 2. The maximum Gasteiger partial charge on any atom is 0.255 e. The van der Waals surface area contributed by atoms with Crippen molar-refractivity contribution in [2.45, 2.75) is 25.4 Å². The molecule has 0 aliphatic heterocycles. The predicted molar refractivity (Wildman–Crippen MR) is 105 cm³/mol. The van der Waals surface area contributed by atoms with Crippen molar-refractivity contribution in [2.24, 2.45) is 11.7 Å². The number of nitrogens with two attached hydrogens (primary N) is 1. The first-order valence-electron chi connectivity index (χ1n) is 8.71. The molecule has 0 spiro atoms. The van der Waals surface area contributed by atoms with Gasteiger partial charge in [0.2, 0.25) is 5.78 Å². The molecular weight excluding hydrogens is 446 g/mol. The Morgan fingerprint density at radius 3 is 2.45 bits per heavy atom. The quantitative estimate of drug-likeness (QED) is 0.404. The molecule has 8 nitrogen and oxygen atoms in total. The Labute approximate surface area is 172 Å². The van der Waals surface area contributed by atoms with Crippen LogP contribution in [0.4, 0.5) is 0 Å². The molecule has 0 saturated heterocycles. The van der Waals surface area contributed by atoms with Crippen molar-refractivity contribution in [3.63, 3.8) is 0 Å². The Morgan fingerprint density at radius 2 is 1.83 bits per heavy atom. The minimum absolute atomic E-state index is 0.00836. The van der Waals surface area contributed by atoms with Gasteiger partial charge in [-0.1, -0.05) is 6.07 Å². The number of rotatable bonds is 1. The van der Waals surface area contributed by atoms with Crippen molar-refractivity contribution < 1.29 is 34.8 Å². The zero-order chi connectivity index (χ0) is 21.4. The second-order valence-corrected chi connectivity index (χ2v) is 8.21. The molecule has 0 saturated carbocycles. The summed E-state index contributed by atoms with van der Waals surface area (Å²) in [7, 11) is 0. The largest absolute Gasteiger partial charge is 0.508 e. The van der Waals surface area contributed by atoms with Gasteiger partial charge in [-0.05, 0) is 51.9 Å². The third-order valence-electron chi connectivity index (χ3n) is 5.93. The van der Waals surface area contributed by atoms with E-state index in [1.54, 1.807) is 19.1 Å². The van der Waals surface area contributed by atoms with Crippen molar-refractivity contribution in [2.75, 3.05) is 0 Å². The van der Waals surface area contributed by atoms with E-state index in [2.05, 4.69) is 15.9 Å². The highest BCUT2D eigenvalue weighted by Crippen LogP contribution is 2.50. The lowest BCUT2D eigenvalue weighted by Gasteiger charge is -2.42. The molecule has 2 aliphatic carbocycles. The van der Waals surface area contributed by atoms with Crippen LogP contribution in [0.2, 0.25) is 0 Å². The van der Waals surface area contributed by atoms with Gasteiger partial charge in [0.15, 0.2) is 11.4 Å². The van der Waals surface area contributed by atoms with Crippen LogP contribution in [0.25, 0.3) is 10.8 Å². The van der Waals surface area contributed by atoms with Crippen molar-refractivity contribution in [1.82, 2.24) is 0 Å². The van der Waals surface area contributed by atoms with E-state index in [1.165, 1.54) is 0 Å². The maximum absolute atomic E-state index is 13.3. The lowest BCUT2D eigenvalue weighted by atomic mass is 9.63. The monoisotopic (exact) mass is 461 g/mol. The maximum atomic E-state index is 13.3.